The summed E-state index contributed by atoms with van der Waals surface area (Å²) in [5.74, 6) is 0.966. The molecule has 2 rings (SSSR count). The molecular weight excluding hydrogens is 244 g/mol. The van der Waals surface area contributed by atoms with Gasteiger partial charge in [-0.2, -0.15) is 0 Å². The topological polar surface area (TPSA) is 15.3 Å². The molecule has 1 saturated heterocycles. The summed E-state index contributed by atoms with van der Waals surface area (Å²) >= 11 is 0. The third kappa shape index (κ3) is 4.21. The zero-order valence-corrected chi connectivity index (χ0v) is 14.1. The van der Waals surface area contributed by atoms with Crippen LogP contribution in [0.3, 0.4) is 0 Å². The quantitative estimate of drug-likeness (QED) is 0.637. The van der Waals surface area contributed by atoms with Crippen molar-refractivity contribution in [3.8, 4) is 0 Å². The first-order valence-corrected chi connectivity index (χ1v) is 9.19. The van der Waals surface area contributed by atoms with Crippen LogP contribution in [0, 0.1) is 5.92 Å². The molecule has 2 aliphatic rings. The Morgan fingerprint density at radius 1 is 1.05 bits per heavy atom. The third-order valence-electron chi connectivity index (χ3n) is 5.54. The molecule has 2 fully saturated rings. The monoisotopic (exact) mass is 280 g/mol. The predicted molar refractivity (Wildman–Crippen MR) is 88.2 cm³/mol. The molecule has 0 spiro atoms. The molecular formula is C18H36N2. The number of piperazine rings is 1. The first-order chi connectivity index (χ1) is 9.70. The normalized spacial score (nSPS) is 31.6. The van der Waals surface area contributed by atoms with Crippen molar-refractivity contribution >= 4 is 0 Å². The maximum atomic E-state index is 3.83. The molecule has 2 unspecified atom stereocenters. The molecule has 1 saturated carbocycles. The van der Waals surface area contributed by atoms with E-state index < -0.39 is 0 Å². The van der Waals surface area contributed by atoms with Crippen molar-refractivity contribution in [1.82, 2.24) is 10.2 Å². The average Bonchev–Trinajstić information content (AvgIpc) is 3.27. The van der Waals surface area contributed by atoms with Crippen LogP contribution in [0.4, 0.5) is 0 Å². The van der Waals surface area contributed by atoms with Gasteiger partial charge in [0.15, 0.2) is 0 Å². The van der Waals surface area contributed by atoms with Crippen molar-refractivity contribution in [2.75, 3.05) is 19.6 Å². The van der Waals surface area contributed by atoms with Gasteiger partial charge in [-0.05, 0) is 45.1 Å². The Kier molecular flexibility index (Phi) is 6.35. The lowest BCUT2D eigenvalue weighted by molar-refractivity contribution is 0.0316. The molecule has 2 nitrogen and oxygen atoms in total. The van der Waals surface area contributed by atoms with Crippen LogP contribution < -0.4 is 5.32 Å². The van der Waals surface area contributed by atoms with Gasteiger partial charge in [0.2, 0.25) is 0 Å². The summed E-state index contributed by atoms with van der Waals surface area (Å²) in [4.78, 5) is 2.85. The second-order valence-corrected chi connectivity index (χ2v) is 7.36. The Morgan fingerprint density at radius 2 is 1.80 bits per heavy atom. The molecule has 2 heteroatoms. The molecule has 0 amide bonds. The van der Waals surface area contributed by atoms with E-state index in [-0.39, 0.29) is 0 Å². The van der Waals surface area contributed by atoms with Crippen LogP contribution >= 0.6 is 0 Å². The Balaban J connectivity index is 1.82. The maximum absolute atomic E-state index is 3.83. The molecule has 0 aromatic carbocycles. The second-order valence-electron chi connectivity index (χ2n) is 7.36. The lowest BCUT2D eigenvalue weighted by Gasteiger charge is -2.49. The fourth-order valence-corrected chi connectivity index (χ4v) is 3.90. The van der Waals surface area contributed by atoms with Gasteiger partial charge < -0.3 is 5.32 Å². The number of unbranched alkanes of at least 4 members (excludes halogenated alkanes) is 4. The molecule has 2 atom stereocenters. The highest BCUT2D eigenvalue weighted by Gasteiger charge is 2.47. The molecule has 0 aromatic rings. The number of nitrogens with one attached hydrogen (secondary N) is 1. The summed E-state index contributed by atoms with van der Waals surface area (Å²) in [6, 6.07) is 0.738. The van der Waals surface area contributed by atoms with Crippen LogP contribution in [-0.2, 0) is 0 Å². The van der Waals surface area contributed by atoms with Gasteiger partial charge in [-0.25, -0.2) is 0 Å². The van der Waals surface area contributed by atoms with Crippen LogP contribution in [0.25, 0.3) is 0 Å². The van der Waals surface area contributed by atoms with Crippen LogP contribution in [0.1, 0.15) is 78.6 Å². The molecule has 20 heavy (non-hydrogen) atoms. The van der Waals surface area contributed by atoms with Crippen molar-refractivity contribution in [3.05, 3.63) is 0 Å². The van der Waals surface area contributed by atoms with E-state index in [1.54, 1.807) is 0 Å². The third-order valence-corrected chi connectivity index (χ3v) is 5.54. The van der Waals surface area contributed by atoms with Gasteiger partial charge in [0.1, 0.15) is 0 Å². The fourth-order valence-electron chi connectivity index (χ4n) is 3.90. The van der Waals surface area contributed by atoms with E-state index in [1.807, 2.05) is 0 Å². The van der Waals surface area contributed by atoms with Gasteiger partial charge in [-0.3, -0.25) is 4.90 Å². The highest BCUT2D eigenvalue weighted by molar-refractivity contribution is 5.04. The summed E-state index contributed by atoms with van der Waals surface area (Å²) in [7, 11) is 0. The zero-order valence-electron chi connectivity index (χ0n) is 14.1. The van der Waals surface area contributed by atoms with Crippen molar-refractivity contribution in [3.63, 3.8) is 0 Å². The van der Waals surface area contributed by atoms with E-state index in [0.717, 1.165) is 12.0 Å². The lowest BCUT2D eigenvalue weighted by Crippen LogP contribution is -2.64. The molecule has 1 aliphatic heterocycles. The largest absolute Gasteiger partial charge is 0.311 e. The standard InChI is InChI=1S/C18H36N2/c1-4-6-7-8-9-13-20-14-17(10-5-2)19-15-18(20,3)16-11-12-16/h16-17,19H,4-15H2,1-3H3. The van der Waals surface area contributed by atoms with Crippen LogP contribution in [-0.4, -0.2) is 36.1 Å². The summed E-state index contributed by atoms with van der Waals surface area (Å²) in [5.41, 5.74) is 0.453. The summed E-state index contributed by atoms with van der Waals surface area (Å²) in [6.07, 6.45) is 12.6. The highest BCUT2D eigenvalue weighted by atomic mass is 15.3. The minimum atomic E-state index is 0.453. The minimum absolute atomic E-state index is 0.453. The number of hydrogen-bond acceptors (Lipinski definition) is 2. The lowest BCUT2D eigenvalue weighted by atomic mass is 9.88. The van der Waals surface area contributed by atoms with Crippen molar-refractivity contribution in [1.29, 1.82) is 0 Å². The number of rotatable bonds is 9. The average molecular weight is 281 g/mol. The highest BCUT2D eigenvalue weighted by Crippen LogP contribution is 2.44. The van der Waals surface area contributed by atoms with E-state index >= 15 is 0 Å². The van der Waals surface area contributed by atoms with Crippen LogP contribution in [0.5, 0.6) is 0 Å². The Bertz CT molecular complexity index is 275. The van der Waals surface area contributed by atoms with E-state index in [2.05, 4.69) is 31.0 Å². The summed E-state index contributed by atoms with van der Waals surface area (Å²) in [6.45, 7) is 11.0. The van der Waals surface area contributed by atoms with Crippen LogP contribution in [0.15, 0.2) is 0 Å². The van der Waals surface area contributed by atoms with E-state index in [0.29, 0.717) is 5.54 Å². The smallest absolute Gasteiger partial charge is 0.0334 e. The van der Waals surface area contributed by atoms with Gasteiger partial charge in [0, 0.05) is 24.7 Å². The summed E-state index contributed by atoms with van der Waals surface area (Å²) in [5, 5.41) is 3.83. The van der Waals surface area contributed by atoms with Crippen molar-refractivity contribution in [2.24, 2.45) is 5.92 Å². The molecule has 0 bridgehead atoms. The van der Waals surface area contributed by atoms with Gasteiger partial charge in [-0.15, -0.1) is 0 Å². The second kappa shape index (κ2) is 7.79. The van der Waals surface area contributed by atoms with Crippen molar-refractivity contribution in [2.45, 2.75) is 90.1 Å². The fraction of sp³-hybridized carbons (Fsp3) is 1.00. The maximum Gasteiger partial charge on any atom is 0.0334 e. The Hall–Kier alpha value is -0.0800. The van der Waals surface area contributed by atoms with E-state index in [1.165, 1.54) is 77.4 Å². The van der Waals surface area contributed by atoms with Gasteiger partial charge >= 0.3 is 0 Å². The SMILES string of the molecule is CCCCCCCN1CC(CCC)NCC1(C)C1CC1. The molecule has 1 aliphatic carbocycles. The van der Waals surface area contributed by atoms with Gasteiger partial charge in [-0.1, -0.05) is 46.0 Å². The van der Waals surface area contributed by atoms with E-state index in [9.17, 15) is 0 Å². The van der Waals surface area contributed by atoms with E-state index in [4.69, 9.17) is 0 Å². The number of nitrogens with zero attached hydrogens (tertiary/aromatic N) is 1. The van der Waals surface area contributed by atoms with Gasteiger partial charge in [0.25, 0.3) is 0 Å². The number of hydrogen-bond donors (Lipinski definition) is 1. The van der Waals surface area contributed by atoms with Crippen LogP contribution in [0.2, 0.25) is 0 Å². The molecule has 0 radical (unpaired) electrons. The first kappa shape index (κ1) is 16.3. The van der Waals surface area contributed by atoms with Gasteiger partial charge in [0.05, 0.1) is 0 Å². The molecule has 1 heterocycles. The molecule has 0 aromatic heterocycles. The molecule has 1 N–H and O–H groups in total. The first-order valence-electron chi connectivity index (χ1n) is 9.19. The molecule has 118 valence electrons. The Labute approximate surface area is 126 Å². The minimum Gasteiger partial charge on any atom is -0.311 e. The zero-order chi connectivity index (χ0) is 14.4. The van der Waals surface area contributed by atoms with Crippen molar-refractivity contribution < 1.29 is 0 Å². The predicted octanol–water partition coefficient (Wildman–Crippen LogP) is 4.20. The Morgan fingerprint density at radius 3 is 2.45 bits per heavy atom. The summed E-state index contributed by atoms with van der Waals surface area (Å²) < 4.78 is 0.